The van der Waals surface area contributed by atoms with Gasteiger partial charge in [-0.25, -0.2) is 24.4 Å². The molecule has 0 fully saturated rings. The summed E-state index contributed by atoms with van der Waals surface area (Å²) in [6.07, 6.45) is -4.45. The van der Waals surface area contributed by atoms with E-state index in [-0.39, 0.29) is 17.2 Å². The quantitative estimate of drug-likeness (QED) is 0.304. The Morgan fingerprint density at radius 1 is 1.00 bits per heavy atom. The monoisotopic (exact) mass is 471 g/mol. The molecule has 2 aromatic heterocycles. The van der Waals surface area contributed by atoms with Crippen molar-refractivity contribution in [3.05, 3.63) is 59.9 Å². The van der Waals surface area contributed by atoms with Crippen molar-refractivity contribution in [2.75, 3.05) is 0 Å². The summed E-state index contributed by atoms with van der Waals surface area (Å²) in [6, 6.07) is 1.03. The number of hydrogen-bond acceptors (Lipinski definition) is 6. The molecule has 0 bridgehead atoms. The second-order valence-corrected chi connectivity index (χ2v) is 6.97. The molecule has 0 spiro atoms. The lowest BCUT2D eigenvalue weighted by Crippen LogP contribution is -2.14. The van der Waals surface area contributed by atoms with Crippen molar-refractivity contribution in [3.8, 4) is 11.4 Å². The van der Waals surface area contributed by atoms with Gasteiger partial charge in [-0.15, -0.1) is 5.10 Å². The van der Waals surface area contributed by atoms with Gasteiger partial charge in [0.05, 0.1) is 22.8 Å². The van der Waals surface area contributed by atoms with Crippen molar-refractivity contribution in [3.63, 3.8) is 0 Å². The Balaban J connectivity index is 2.06. The lowest BCUT2D eigenvalue weighted by Gasteiger charge is -2.13. The number of aromatic nitrogens is 5. The van der Waals surface area contributed by atoms with Crippen LogP contribution in [-0.2, 0) is 21.9 Å². The van der Waals surface area contributed by atoms with Crippen molar-refractivity contribution in [1.29, 1.82) is 0 Å². The molecular formula is C20H15F6N5O2. The lowest BCUT2D eigenvalue weighted by atomic mass is 10.0. The van der Waals surface area contributed by atoms with Crippen LogP contribution in [0, 0.1) is 0 Å². The highest BCUT2D eigenvalue weighted by atomic mass is 19.4. The van der Waals surface area contributed by atoms with E-state index in [0.717, 1.165) is 17.2 Å². The number of halogens is 6. The van der Waals surface area contributed by atoms with Gasteiger partial charge in [0, 0.05) is 29.7 Å². The number of nitrogens with zero attached hydrogens (tertiary/aromatic N) is 5. The normalized spacial score (nSPS) is 12.8. The predicted molar refractivity (Wildman–Crippen MR) is 103 cm³/mol. The zero-order chi connectivity index (χ0) is 24.4. The number of esters is 1. The van der Waals surface area contributed by atoms with Gasteiger partial charge in [0.15, 0.2) is 5.82 Å². The number of ether oxygens (including phenoxy) is 1. The SMILES string of the molecule is CC(C)OC(=O)/C(=C/n1cnc(-c2cc(C(F)(F)F)cc(C(F)(F)F)c2)n1)c1cncnc1. The first kappa shape index (κ1) is 23.9. The van der Waals surface area contributed by atoms with Crippen molar-refractivity contribution in [2.45, 2.75) is 32.3 Å². The molecule has 174 valence electrons. The van der Waals surface area contributed by atoms with Crippen molar-refractivity contribution < 1.29 is 35.9 Å². The molecule has 0 unspecified atom stereocenters. The molecule has 0 aliphatic heterocycles. The lowest BCUT2D eigenvalue weighted by molar-refractivity contribution is -0.143. The van der Waals surface area contributed by atoms with Gasteiger partial charge in [0.25, 0.3) is 0 Å². The van der Waals surface area contributed by atoms with Crippen molar-refractivity contribution >= 4 is 17.7 Å². The summed E-state index contributed by atoms with van der Waals surface area (Å²) in [7, 11) is 0. The highest BCUT2D eigenvalue weighted by Gasteiger charge is 2.37. The second-order valence-electron chi connectivity index (χ2n) is 6.97. The fourth-order valence-corrected chi connectivity index (χ4v) is 2.65. The summed E-state index contributed by atoms with van der Waals surface area (Å²) in [6.45, 7) is 3.24. The maximum Gasteiger partial charge on any atom is 0.416 e. The fourth-order valence-electron chi connectivity index (χ4n) is 2.65. The summed E-state index contributed by atoms with van der Waals surface area (Å²) in [5, 5.41) is 3.90. The zero-order valence-corrected chi connectivity index (χ0v) is 17.0. The van der Waals surface area contributed by atoms with Crippen molar-refractivity contribution in [1.82, 2.24) is 24.7 Å². The van der Waals surface area contributed by atoms with E-state index in [4.69, 9.17) is 4.74 Å². The van der Waals surface area contributed by atoms with E-state index >= 15 is 0 Å². The number of benzene rings is 1. The summed E-state index contributed by atoms with van der Waals surface area (Å²) >= 11 is 0. The number of alkyl halides is 6. The third-order valence-electron chi connectivity index (χ3n) is 4.05. The summed E-state index contributed by atoms with van der Waals surface area (Å²) in [5.74, 6) is -1.18. The van der Waals surface area contributed by atoms with Crippen LogP contribution in [0.1, 0.15) is 30.5 Å². The Bertz CT molecular complexity index is 1140. The molecule has 0 aliphatic carbocycles. The highest BCUT2D eigenvalue weighted by Crippen LogP contribution is 2.38. The molecular weight excluding hydrogens is 456 g/mol. The van der Waals surface area contributed by atoms with Gasteiger partial charge < -0.3 is 4.74 Å². The van der Waals surface area contributed by atoms with Crippen LogP contribution in [0.5, 0.6) is 0 Å². The summed E-state index contributed by atoms with van der Waals surface area (Å²) in [5.41, 5.74) is -3.30. The molecule has 0 N–H and O–H groups in total. The Hall–Kier alpha value is -3.77. The molecule has 3 aromatic rings. The molecule has 3 rings (SSSR count). The van der Waals surface area contributed by atoms with Crippen LogP contribution in [-0.4, -0.2) is 36.8 Å². The van der Waals surface area contributed by atoms with Gasteiger partial charge >= 0.3 is 18.3 Å². The molecule has 0 radical (unpaired) electrons. The molecule has 0 amide bonds. The Morgan fingerprint density at radius 2 is 1.58 bits per heavy atom. The van der Waals surface area contributed by atoms with Crippen LogP contribution in [0.3, 0.4) is 0 Å². The molecule has 33 heavy (non-hydrogen) atoms. The summed E-state index contributed by atoms with van der Waals surface area (Å²) in [4.78, 5) is 23.9. The van der Waals surface area contributed by atoms with Crippen LogP contribution in [0.4, 0.5) is 26.3 Å². The number of rotatable bonds is 5. The highest BCUT2D eigenvalue weighted by molar-refractivity contribution is 6.20. The third-order valence-corrected chi connectivity index (χ3v) is 4.05. The molecule has 0 saturated carbocycles. The first-order chi connectivity index (χ1) is 15.3. The average Bonchev–Trinajstić information content (AvgIpc) is 3.19. The molecule has 2 heterocycles. The number of hydrogen-bond donors (Lipinski definition) is 0. The first-order valence-electron chi connectivity index (χ1n) is 9.24. The Kier molecular flexibility index (Phi) is 6.51. The largest absolute Gasteiger partial charge is 0.459 e. The van der Waals surface area contributed by atoms with Gasteiger partial charge in [0.1, 0.15) is 12.7 Å². The van der Waals surface area contributed by atoms with Crippen molar-refractivity contribution in [2.24, 2.45) is 0 Å². The van der Waals surface area contributed by atoms with Crippen LogP contribution >= 0.6 is 0 Å². The molecule has 0 saturated heterocycles. The van der Waals surface area contributed by atoms with Gasteiger partial charge in [0.2, 0.25) is 0 Å². The minimum Gasteiger partial charge on any atom is -0.459 e. The molecule has 0 atom stereocenters. The van der Waals surface area contributed by atoms with E-state index in [1.54, 1.807) is 13.8 Å². The van der Waals surface area contributed by atoms with Gasteiger partial charge in [-0.1, -0.05) is 0 Å². The molecule has 1 aromatic carbocycles. The molecule has 0 aliphatic rings. The minimum atomic E-state index is -5.01. The maximum atomic E-state index is 13.1. The number of carbonyl (C=O) groups excluding carboxylic acids is 1. The minimum absolute atomic E-state index is 0.00975. The smallest absolute Gasteiger partial charge is 0.416 e. The van der Waals surface area contributed by atoms with Crippen LogP contribution in [0.25, 0.3) is 23.2 Å². The van der Waals surface area contributed by atoms with Crippen LogP contribution < -0.4 is 0 Å². The van der Waals surface area contributed by atoms with E-state index < -0.39 is 46.9 Å². The van der Waals surface area contributed by atoms with E-state index in [2.05, 4.69) is 20.1 Å². The molecule has 13 heteroatoms. The van der Waals surface area contributed by atoms with Gasteiger partial charge in [-0.3, -0.25) is 0 Å². The zero-order valence-electron chi connectivity index (χ0n) is 17.0. The Labute approximate surface area is 182 Å². The standard InChI is InChI=1S/C20H15F6N5O2/c1-11(2)33-18(32)16(13-6-27-9-28-7-13)8-31-10-29-17(30-31)12-3-14(19(21,22)23)5-15(4-12)20(24,25)26/h3-11H,1-2H3/b16-8+. The van der Waals surface area contributed by atoms with Gasteiger partial charge in [-0.2, -0.15) is 26.3 Å². The van der Waals surface area contributed by atoms with E-state index in [0.29, 0.717) is 12.1 Å². The maximum absolute atomic E-state index is 13.1. The topological polar surface area (TPSA) is 82.8 Å². The summed E-state index contributed by atoms with van der Waals surface area (Å²) < 4.78 is 84.9. The van der Waals surface area contributed by atoms with E-state index in [1.807, 2.05) is 0 Å². The average molecular weight is 471 g/mol. The van der Waals surface area contributed by atoms with E-state index in [9.17, 15) is 31.1 Å². The predicted octanol–water partition coefficient (Wildman–Crippen LogP) is 4.72. The second kappa shape index (κ2) is 9.00. The van der Waals surface area contributed by atoms with Crippen LogP contribution in [0.2, 0.25) is 0 Å². The Morgan fingerprint density at radius 3 is 2.09 bits per heavy atom. The first-order valence-corrected chi connectivity index (χ1v) is 9.24. The van der Waals surface area contributed by atoms with Gasteiger partial charge in [-0.05, 0) is 32.0 Å². The van der Waals surface area contributed by atoms with Crippen LogP contribution in [0.15, 0.2) is 43.2 Å². The number of carbonyl (C=O) groups is 1. The molecule has 7 nitrogen and oxygen atoms in total. The fraction of sp³-hybridized carbons (Fsp3) is 0.250. The van der Waals surface area contributed by atoms with E-state index in [1.165, 1.54) is 18.7 Å². The third kappa shape index (κ3) is 5.93.